The molecule has 0 unspecified atom stereocenters. The van der Waals surface area contributed by atoms with Crippen molar-refractivity contribution in [3.8, 4) is 0 Å². The summed E-state index contributed by atoms with van der Waals surface area (Å²) in [6.07, 6.45) is -4.00. The molecule has 0 aromatic rings. The van der Waals surface area contributed by atoms with Crippen LogP contribution in [0.1, 0.15) is 0 Å². The third kappa shape index (κ3) is 561. The van der Waals surface area contributed by atoms with E-state index in [2.05, 4.69) is 0 Å². The fourth-order valence-electron chi connectivity index (χ4n) is 0. The zero-order valence-electron chi connectivity index (χ0n) is 5.52. The summed E-state index contributed by atoms with van der Waals surface area (Å²) in [4.78, 5) is 17.1. The van der Waals surface area contributed by atoms with Gasteiger partial charge in [0.1, 0.15) is 12.7 Å². The van der Waals surface area contributed by atoms with Crippen molar-refractivity contribution in [2.24, 2.45) is 0 Å². The largest absolute Gasteiger partial charge is 0.503 e. The lowest BCUT2D eigenvalue weighted by molar-refractivity contribution is 0.135. The van der Waals surface area contributed by atoms with Crippen molar-refractivity contribution in [3.63, 3.8) is 0 Å². The lowest BCUT2D eigenvalue weighted by atomic mass is 11.2. The molecule has 0 saturated carbocycles. The monoisotopic (exact) mass is 188 g/mol. The van der Waals surface area contributed by atoms with Gasteiger partial charge in [-0.25, -0.2) is 18.4 Å². The molecule has 0 radical (unpaired) electrons. The molecule has 72 valence electrons. The molecule has 4 N–H and O–H groups in total. The van der Waals surface area contributed by atoms with Gasteiger partial charge in [0, 0.05) is 0 Å². The van der Waals surface area contributed by atoms with Crippen molar-refractivity contribution in [2.45, 2.75) is 0 Å². The number of carbonyl (C=O) groups is 2. The fourth-order valence-corrected chi connectivity index (χ4v) is 0. The number of rotatable bonds is 0. The van der Waals surface area contributed by atoms with E-state index >= 15 is 0 Å². The Labute approximate surface area is 65.0 Å². The molecule has 0 aromatic carbocycles. The summed E-state index contributed by atoms with van der Waals surface area (Å²) in [5.41, 5.74) is 0. The molecule has 0 amide bonds. The van der Waals surface area contributed by atoms with Crippen LogP contribution in [0.3, 0.4) is 0 Å². The van der Waals surface area contributed by atoms with Gasteiger partial charge in [0.2, 0.25) is 0 Å². The second kappa shape index (κ2) is 16.1. The second-order valence-electron chi connectivity index (χ2n) is 0.817. The first kappa shape index (κ1) is 16.6. The number of hydrogen-bond donors (Lipinski definition) is 4. The van der Waals surface area contributed by atoms with Crippen molar-refractivity contribution in [2.75, 3.05) is 0 Å². The Morgan fingerprint density at radius 3 is 0.917 bits per heavy atom. The van der Waals surface area contributed by atoms with Crippen LogP contribution >= 0.6 is 0 Å². The van der Waals surface area contributed by atoms with Crippen LogP contribution in [0, 0.1) is 0 Å². The summed E-state index contributed by atoms with van der Waals surface area (Å²) in [5.74, 6) is 0. The molecule has 0 aliphatic carbocycles. The predicted octanol–water partition coefficient (Wildman–Crippen LogP) is 1.84. The predicted molar refractivity (Wildman–Crippen MR) is 32.7 cm³/mol. The summed E-state index contributed by atoms with van der Waals surface area (Å²) in [6.45, 7) is 0. The molecule has 0 aliphatic rings. The van der Waals surface area contributed by atoms with Crippen LogP contribution in [0.25, 0.3) is 0 Å². The Kier molecular flexibility index (Phi) is 22.2. The summed E-state index contributed by atoms with van der Waals surface area (Å²) in [7, 11) is 0. The first-order valence-electron chi connectivity index (χ1n) is 2.07. The van der Waals surface area contributed by atoms with Crippen molar-refractivity contribution in [1.82, 2.24) is 0 Å². The van der Waals surface area contributed by atoms with E-state index in [9.17, 15) is 8.78 Å². The summed E-state index contributed by atoms with van der Waals surface area (Å²) < 4.78 is 20.3. The molecule has 0 aliphatic heterocycles. The first-order chi connectivity index (χ1) is 5.38. The van der Waals surface area contributed by atoms with E-state index < -0.39 is 12.3 Å². The zero-order chi connectivity index (χ0) is 10.6. The third-order valence-electron chi connectivity index (χ3n) is 0.0476. The Morgan fingerprint density at radius 2 is 0.917 bits per heavy atom. The molecule has 0 heterocycles. The third-order valence-corrected chi connectivity index (χ3v) is 0.0476. The van der Waals surface area contributed by atoms with Crippen molar-refractivity contribution in [1.29, 1.82) is 0 Å². The average molecular weight is 188 g/mol. The quantitative estimate of drug-likeness (QED) is 0.461. The van der Waals surface area contributed by atoms with E-state index in [0.29, 0.717) is 0 Å². The van der Waals surface area contributed by atoms with Gasteiger partial charge in [-0.05, 0) is 0 Å². The molecular formula is C4H6F2O6. The Balaban J connectivity index is -0.000000101. The highest BCUT2D eigenvalue weighted by Gasteiger charge is 1.70. The van der Waals surface area contributed by atoms with Gasteiger partial charge in [-0.3, -0.25) is 0 Å². The van der Waals surface area contributed by atoms with E-state index in [0.717, 1.165) is 0 Å². The number of carboxylic acid groups (broad SMARTS) is 4. The molecule has 0 bridgehead atoms. The van der Waals surface area contributed by atoms with Gasteiger partial charge in [0.05, 0.1) is 0 Å². The standard InChI is InChI=1S/C2H2F2.2CH2O3/c3-1-2-4;2*2-1(3)4/h1-2H;2*(H2,2,3,4). The van der Waals surface area contributed by atoms with Crippen LogP contribution in [0.4, 0.5) is 18.4 Å². The molecular weight excluding hydrogens is 182 g/mol. The summed E-state index contributed by atoms with van der Waals surface area (Å²) in [6, 6.07) is 0. The lowest BCUT2D eigenvalue weighted by Crippen LogP contribution is -1.81. The molecule has 6 nitrogen and oxygen atoms in total. The molecule has 0 fully saturated rings. The zero-order valence-corrected chi connectivity index (χ0v) is 5.52. The van der Waals surface area contributed by atoms with Gasteiger partial charge in [-0.2, -0.15) is 0 Å². The highest BCUT2D eigenvalue weighted by molar-refractivity contribution is 5.53. The van der Waals surface area contributed by atoms with E-state index in [4.69, 9.17) is 30.0 Å². The van der Waals surface area contributed by atoms with Crippen molar-refractivity contribution < 1.29 is 38.8 Å². The van der Waals surface area contributed by atoms with Gasteiger partial charge in [-0.15, -0.1) is 0 Å². The molecule has 0 spiro atoms. The minimum absolute atomic E-state index is 0.167. The van der Waals surface area contributed by atoms with Crippen LogP contribution in [0.15, 0.2) is 12.7 Å². The smallest absolute Gasteiger partial charge is 0.450 e. The van der Waals surface area contributed by atoms with E-state index in [1.165, 1.54) is 0 Å². The maximum atomic E-state index is 10.2. The van der Waals surface area contributed by atoms with Gasteiger partial charge in [-0.1, -0.05) is 0 Å². The highest BCUT2D eigenvalue weighted by atomic mass is 19.2. The molecule has 12 heavy (non-hydrogen) atoms. The molecule has 0 aromatic heterocycles. The molecule has 0 atom stereocenters. The average Bonchev–Trinajstić information content (AvgIpc) is 1.85. The van der Waals surface area contributed by atoms with E-state index in [-0.39, 0.29) is 12.7 Å². The maximum Gasteiger partial charge on any atom is 0.503 e. The Hall–Kier alpha value is -1.86. The lowest BCUT2D eigenvalue weighted by Gasteiger charge is -1.60. The van der Waals surface area contributed by atoms with Gasteiger partial charge in [0.25, 0.3) is 0 Å². The van der Waals surface area contributed by atoms with E-state index in [1.54, 1.807) is 0 Å². The molecule has 8 heteroatoms. The number of hydrogen-bond acceptors (Lipinski definition) is 2. The van der Waals surface area contributed by atoms with Gasteiger partial charge in [0.15, 0.2) is 0 Å². The van der Waals surface area contributed by atoms with Crippen LogP contribution in [0.5, 0.6) is 0 Å². The van der Waals surface area contributed by atoms with Crippen LogP contribution in [-0.4, -0.2) is 32.7 Å². The van der Waals surface area contributed by atoms with Crippen molar-refractivity contribution >= 4 is 12.3 Å². The summed E-state index contributed by atoms with van der Waals surface area (Å²) >= 11 is 0. The normalized spacial score (nSPS) is 7.17. The number of halogens is 2. The first-order valence-corrected chi connectivity index (χ1v) is 2.07. The SMILES string of the molecule is FC=CF.O=C(O)O.O=C(O)O. The second-order valence-corrected chi connectivity index (χ2v) is 0.817. The topological polar surface area (TPSA) is 115 Å². The van der Waals surface area contributed by atoms with E-state index in [1.807, 2.05) is 0 Å². The molecule has 0 rings (SSSR count). The van der Waals surface area contributed by atoms with Gasteiger partial charge < -0.3 is 20.4 Å². The van der Waals surface area contributed by atoms with Crippen LogP contribution < -0.4 is 0 Å². The van der Waals surface area contributed by atoms with Crippen LogP contribution in [0.2, 0.25) is 0 Å². The molecule has 0 saturated heterocycles. The fraction of sp³-hybridized carbons (Fsp3) is 0. The highest BCUT2D eigenvalue weighted by Crippen LogP contribution is 1.67. The van der Waals surface area contributed by atoms with Crippen molar-refractivity contribution in [3.05, 3.63) is 12.7 Å². The maximum absolute atomic E-state index is 10.2. The Bertz CT molecular complexity index is 120. The minimum atomic E-state index is -1.83. The van der Waals surface area contributed by atoms with Crippen LogP contribution in [-0.2, 0) is 0 Å². The Morgan fingerprint density at radius 1 is 0.833 bits per heavy atom. The summed E-state index contributed by atoms with van der Waals surface area (Å²) in [5, 5.41) is 27.9. The minimum Gasteiger partial charge on any atom is -0.450 e. The van der Waals surface area contributed by atoms with Gasteiger partial charge >= 0.3 is 12.3 Å².